The Morgan fingerprint density at radius 2 is 1.77 bits per heavy atom. The molecule has 5 nitrogen and oxygen atoms in total. The zero-order chi connectivity index (χ0) is 20.9. The van der Waals surface area contributed by atoms with Crippen LogP contribution in [0.1, 0.15) is 68.6 Å². The summed E-state index contributed by atoms with van der Waals surface area (Å²) in [4.78, 5) is 17.7. The summed E-state index contributed by atoms with van der Waals surface area (Å²) >= 11 is 6.47. The average Bonchev–Trinajstić information content (AvgIpc) is 3.29. The van der Waals surface area contributed by atoms with Gasteiger partial charge in [-0.25, -0.2) is 0 Å². The summed E-state index contributed by atoms with van der Waals surface area (Å²) in [5.74, 6) is 0.668. The minimum absolute atomic E-state index is 0.0298. The zero-order valence-corrected chi connectivity index (χ0v) is 19.0. The smallest absolute Gasteiger partial charge is 0.251 e. The van der Waals surface area contributed by atoms with Gasteiger partial charge in [0.15, 0.2) is 0 Å². The Hall–Kier alpha value is -1.30. The Balaban J connectivity index is 1.25. The van der Waals surface area contributed by atoms with Crippen molar-refractivity contribution in [1.29, 1.82) is 0 Å². The standard InChI is InChI=1S/C24H36ClN3O2/c1-2-27-13-9-20(10-14-27)28-15-11-21(12-16-28)30-23-8-7-18(17-22(23)25)24(29)26-19-5-3-4-6-19/h7-8,17,19-21H,2-6,9-16H2,1H3,(H,26,29). The van der Waals surface area contributed by atoms with Crippen LogP contribution < -0.4 is 10.1 Å². The van der Waals surface area contributed by atoms with Gasteiger partial charge in [0.05, 0.1) is 5.02 Å². The van der Waals surface area contributed by atoms with E-state index in [2.05, 4.69) is 22.0 Å². The second-order valence-electron chi connectivity index (χ2n) is 9.12. The number of nitrogens with one attached hydrogen (secondary N) is 1. The Morgan fingerprint density at radius 1 is 1.07 bits per heavy atom. The number of rotatable bonds is 6. The molecule has 1 N–H and O–H groups in total. The molecule has 1 amide bonds. The third-order valence-corrected chi connectivity index (χ3v) is 7.47. The number of ether oxygens (including phenoxy) is 1. The summed E-state index contributed by atoms with van der Waals surface area (Å²) < 4.78 is 6.23. The van der Waals surface area contributed by atoms with Gasteiger partial charge in [-0.1, -0.05) is 31.4 Å². The normalized spacial score (nSPS) is 23.0. The van der Waals surface area contributed by atoms with Crippen molar-refractivity contribution in [2.24, 2.45) is 0 Å². The molecule has 6 heteroatoms. The first-order valence-corrected chi connectivity index (χ1v) is 12.2. The van der Waals surface area contributed by atoms with Crippen molar-refractivity contribution >= 4 is 17.5 Å². The lowest BCUT2D eigenvalue weighted by atomic mass is 9.99. The van der Waals surface area contributed by atoms with Crippen LogP contribution in [0.5, 0.6) is 5.75 Å². The van der Waals surface area contributed by atoms with Crippen molar-refractivity contribution in [2.45, 2.75) is 76.5 Å². The molecule has 1 aromatic carbocycles. The van der Waals surface area contributed by atoms with Crippen LogP contribution in [0.4, 0.5) is 0 Å². The lowest BCUT2D eigenvalue weighted by Gasteiger charge is -2.41. The van der Waals surface area contributed by atoms with Gasteiger partial charge in [0.25, 0.3) is 5.91 Å². The maximum absolute atomic E-state index is 12.5. The van der Waals surface area contributed by atoms with Gasteiger partial charge in [-0.2, -0.15) is 0 Å². The van der Waals surface area contributed by atoms with Crippen LogP contribution >= 0.6 is 11.6 Å². The summed E-state index contributed by atoms with van der Waals surface area (Å²) in [6, 6.07) is 6.49. The molecule has 2 saturated heterocycles. The van der Waals surface area contributed by atoms with E-state index in [4.69, 9.17) is 16.3 Å². The number of halogens is 1. The lowest BCUT2D eigenvalue weighted by molar-refractivity contribution is 0.0495. The highest BCUT2D eigenvalue weighted by atomic mass is 35.5. The number of hydrogen-bond donors (Lipinski definition) is 1. The van der Waals surface area contributed by atoms with E-state index in [9.17, 15) is 4.79 Å². The molecule has 0 bridgehead atoms. The number of carbonyl (C=O) groups is 1. The first-order chi connectivity index (χ1) is 14.6. The van der Waals surface area contributed by atoms with Gasteiger partial charge in [0.2, 0.25) is 0 Å². The molecule has 4 rings (SSSR count). The summed E-state index contributed by atoms with van der Waals surface area (Å²) in [5, 5.41) is 3.65. The monoisotopic (exact) mass is 433 g/mol. The Labute approximate surface area is 186 Å². The molecular formula is C24H36ClN3O2. The number of hydrogen-bond acceptors (Lipinski definition) is 4. The van der Waals surface area contributed by atoms with E-state index >= 15 is 0 Å². The molecule has 2 heterocycles. The third-order valence-electron chi connectivity index (χ3n) is 7.18. The molecule has 0 aromatic heterocycles. The van der Waals surface area contributed by atoms with Crippen molar-refractivity contribution in [3.05, 3.63) is 28.8 Å². The highest BCUT2D eigenvalue weighted by Gasteiger charge is 2.29. The minimum Gasteiger partial charge on any atom is -0.489 e. The summed E-state index contributed by atoms with van der Waals surface area (Å²) in [7, 11) is 0. The highest BCUT2D eigenvalue weighted by molar-refractivity contribution is 6.32. The number of likely N-dealkylation sites (tertiary alicyclic amines) is 2. The van der Waals surface area contributed by atoms with Crippen molar-refractivity contribution in [3.8, 4) is 5.75 Å². The molecule has 0 atom stereocenters. The van der Waals surface area contributed by atoms with Crippen LogP contribution in [0.2, 0.25) is 5.02 Å². The number of carbonyl (C=O) groups excluding carboxylic acids is 1. The second kappa shape index (κ2) is 10.3. The van der Waals surface area contributed by atoms with Gasteiger partial charge < -0.3 is 19.9 Å². The van der Waals surface area contributed by atoms with E-state index in [1.54, 1.807) is 6.07 Å². The summed E-state index contributed by atoms with van der Waals surface area (Å²) in [5.41, 5.74) is 0.618. The van der Waals surface area contributed by atoms with Gasteiger partial charge in [-0.05, 0) is 76.4 Å². The average molecular weight is 434 g/mol. The fourth-order valence-electron chi connectivity index (χ4n) is 5.22. The first-order valence-electron chi connectivity index (χ1n) is 11.9. The van der Waals surface area contributed by atoms with Crippen LogP contribution in [-0.4, -0.2) is 66.6 Å². The molecule has 1 saturated carbocycles. The largest absolute Gasteiger partial charge is 0.489 e. The summed E-state index contributed by atoms with van der Waals surface area (Å²) in [6.07, 6.45) is 9.42. The minimum atomic E-state index is -0.0298. The van der Waals surface area contributed by atoms with Crippen molar-refractivity contribution in [3.63, 3.8) is 0 Å². The molecule has 166 valence electrons. The van der Waals surface area contributed by atoms with E-state index in [-0.39, 0.29) is 12.0 Å². The van der Waals surface area contributed by atoms with Crippen LogP contribution in [0.25, 0.3) is 0 Å². The fraction of sp³-hybridized carbons (Fsp3) is 0.708. The fourth-order valence-corrected chi connectivity index (χ4v) is 5.44. The quantitative estimate of drug-likeness (QED) is 0.724. The molecule has 3 fully saturated rings. The van der Waals surface area contributed by atoms with E-state index in [1.165, 1.54) is 45.3 Å². The van der Waals surface area contributed by atoms with Crippen LogP contribution in [0, 0.1) is 0 Å². The van der Waals surface area contributed by atoms with E-state index < -0.39 is 0 Å². The predicted molar refractivity (Wildman–Crippen MR) is 122 cm³/mol. The second-order valence-corrected chi connectivity index (χ2v) is 9.53. The maximum Gasteiger partial charge on any atom is 0.251 e. The SMILES string of the molecule is CCN1CCC(N2CCC(Oc3ccc(C(=O)NC4CCCC4)cc3Cl)CC2)CC1. The topological polar surface area (TPSA) is 44.8 Å². The van der Waals surface area contributed by atoms with E-state index in [1.807, 2.05) is 12.1 Å². The number of nitrogens with zero attached hydrogens (tertiary/aromatic N) is 2. The Kier molecular flexibility index (Phi) is 7.55. The number of piperidine rings is 2. The van der Waals surface area contributed by atoms with Gasteiger partial charge in [-0.3, -0.25) is 4.79 Å². The molecule has 0 radical (unpaired) electrons. The van der Waals surface area contributed by atoms with E-state index in [0.29, 0.717) is 22.4 Å². The zero-order valence-electron chi connectivity index (χ0n) is 18.2. The Bertz CT molecular complexity index is 706. The van der Waals surface area contributed by atoms with Crippen molar-refractivity contribution in [1.82, 2.24) is 15.1 Å². The summed E-state index contributed by atoms with van der Waals surface area (Å²) in [6.45, 7) is 8.08. The molecule has 1 aromatic rings. The van der Waals surface area contributed by atoms with Crippen molar-refractivity contribution < 1.29 is 9.53 Å². The number of amides is 1. The predicted octanol–water partition coefficient (Wildman–Crippen LogP) is 4.34. The number of benzene rings is 1. The van der Waals surface area contributed by atoms with Crippen LogP contribution in [0.15, 0.2) is 18.2 Å². The van der Waals surface area contributed by atoms with Gasteiger partial charge >= 0.3 is 0 Å². The van der Waals surface area contributed by atoms with Gasteiger partial charge in [0.1, 0.15) is 11.9 Å². The molecule has 3 aliphatic rings. The molecule has 30 heavy (non-hydrogen) atoms. The van der Waals surface area contributed by atoms with Crippen LogP contribution in [-0.2, 0) is 0 Å². The molecular weight excluding hydrogens is 398 g/mol. The lowest BCUT2D eigenvalue weighted by Crippen LogP contribution is -2.49. The van der Waals surface area contributed by atoms with Gasteiger partial charge in [-0.15, -0.1) is 0 Å². The maximum atomic E-state index is 12.5. The highest BCUT2D eigenvalue weighted by Crippen LogP contribution is 2.30. The molecule has 0 spiro atoms. The molecule has 2 aliphatic heterocycles. The van der Waals surface area contributed by atoms with E-state index in [0.717, 1.165) is 44.8 Å². The molecule has 0 unspecified atom stereocenters. The molecule has 1 aliphatic carbocycles. The van der Waals surface area contributed by atoms with Gasteiger partial charge in [0, 0.05) is 30.7 Å². The van der Waals surface area contributed by atoms with Crippen LogP contribution in [0.3, 0.4) is 0 Å². The van der Waals surface area contributed by atoms with Crippen molar-refractivity contribution in [2.75, 3.05) is 32.7 Å². The Morgan fingerprint density at radius 3 is 2.40 bits per heavy atom. The first kappa shape index (κ1) is 21.9. The third kappa shape index (κ3) is 5.49.